The number of carbonyl (C=O) groups excluding carboxylic acids is 2. The van der Waals surface area contributed by atoms with Gasteiger partial charge in [-0.3, -0.25) is 9.59 Å². The SMILES string of the molecule is CC[C@H](NC(=O)/C(=C/c1ccco1)NC(=O)c1ccc(OC)c(OC)c1)c1ccc(C)cc1C. The second-order valence-electron chi connectivity index (χ2n) is 7.89. The number of rotatable bonds is 9. The van der Waals surface area contributed by atoms with E-state index in [0.29, 0.717) is 29.2 Å². The molecule has 2 aromatic carbocycles. The number of ether oxygens (including phenoxy) is 2. The summed E-state index contributed by atoms with van der Waals surface area (Å²) in [4.78, 5) is 26.3. The summed E-state index contributed by atoms with van der Waals surface area (Å²) >= 11 is 0. The topological polar surface area (TPSA) is 89.8 Å². The van der Waals surface area contributed by atoms with Gasteiger partial charge in [0.05, 0.1) is 26.5 Å². The highest BCUT2D eigenvalue weighted by Gasteiger charge is 2.21. The van der Waals surface area contributed by atoms with Gasteiger partial charge in [-0.1, -0.05) is 30.7 Å². The van der Waals surface area contributed by atoms with Gasteiger partial charge in [0.2, 0.25) is 0 Å². The van der Waals surface area contributed by atoms with Crippen molar-refractivity contribution in [1.82, 2.24) is 10.6 Å². The number of nitrogens with one attached hydrogen (secondary N) is 2. The molecule has 3 aromatic rings. The minimum atomic E-state index is -0.464. The Balaban J connectivity index is 1.87. The van der Waals surface area contributed by atoms with Crippen LogP contribution in [0.15, 0.2) is 64.9 Å². The van der Waals surface area contributed by atoms with Crippen molar-refractivity contribution >= 4 is 17.9 Å². The van der Waals surface area contributed by atoms with E-state index in [1.54, 1.807) is 30.3 Å². The van der Waals surface area contributed by atoms with Crippen LogP contribution in [0.3, 0.4) is 0 Å². The monoisotopic (exact) mass is 462 g/mol. The third kappa shape index (κ3) is 5.86. The Labute approximate surface area is 199 Å². The summed E-state index contributed by atoms with van der Waals surface area (Å²) in [6, 6.07) is 14.1. The zero-order valence-corrected chi connectivity index (χ0v) is 20.1. The third-order valence-electron chi connectivity index (χ3n) is 5.48. The predicted octanol–water partition coefficient (Wildman–Crippen LogP) is 4.95. The van der Waals surface area contributed by atoms with Gasteiger partial charge in [0.25, 0.3) is 11.8 Å². The van der Waals surface area contributed by atoms with Crippen molar-refractivity contribution in [2.24, 2.45) is 0 Å². The van der Waals surface area contributed by atoms with Gasteiger partial charge >= 0.3 is 0 Å². The van der Waals surface area contributed by atoms with Crippen LogP contribution in [0, 0.1) is 13.8 Å². The number of furan rings is 1. The van der Waals surface area contributed by atoms with Gasteiger partial charge < -0.3 is 24.5 Å². The first-order chi connectivity index (χ1) is 16.4. The van der Waals surface area contributed by atoms with Crippen molar-refractivity contribution in [1.29, 1.82) is 0 Å². The normalized spacial score (nSPS) is 12.1. The average molecular weight is 463 g/mol. The number of hydrogen-bond acceptors (Lipinski definition) is 5. The summed E-state index contributed by atoms with van der Waals surface area (Å²) in [6.45, 7) is 6.06. The molecule has 0 bridgehead atoms. The summed E-state index contributed by atoms with van der Waals surface area (Å²) in [5.74, 6) is 0.474. The van der Waals surface area contributed by atoms with Crippen LogP contribution in [0.5, 0.6) is 11.5 Å². The summed E-state index contributed by atoms with van der Waals surface area (Å²) in [6.07, 6.45) is 3.69. The van der Waals surface area contributed by atoms with E-state index in [2.05, 4.69) is 16.7 Å². The Morgan fingerprint density at radius 1 is 1.03 bits per heavy atom. The molecule has 0 radical (unpaired) electrons. The Bertz CT molecular complexity index is 1180. The van der Waals surface area contributed by atoms with Gasteiger partial charge in [0.15, 0.2) is 11.5 Å². The van der Waals surface area contributed by atoms with Crippen molar-refractivity contribution < 1.29 is 23.5 Å². The van der Waals surface area contributed by atoms with E-state index in [-0.39, 0.29) is 11.7 Å². The lowest BCUT2D eigenvalue weighted by atomic mass is 9.97. The molecule has 1 atom stereocenters. The molecule has 2 N–H and O–H groups in total. The zero-order chi connectivity index (χ0) is 24.7. The van der Waals surface area contributed by atoms with Gasteiger partial charge in [-0.15, -0.1) is 0 Å². The number of amides is 2. The molecule has 0 fully saturated rings. The van der Waals surface area contributed by atoms with Gasteiger partial charge in [-0.2, -0.15) is 0 Å². The molecule has 0 aliphatic rings. The second-order valence-corrected chi connectivity index (χ2v) is 7.89. The van der Waals surface area contributed by atoms with Crippen LogP contribution in [0.1, 0.15) is 52.2 Å². The maximum Gasteiger partial charge on any atom is 0.268 e. The lowest BCUT2D eigenvalue weighted by molar-refractivity contribution is -0.118. The van der Waals surface area contributed by atoms with E-state index in [9.17, 15) is 9.59 Å². The molecular formula is C27H30N2O5. The summed E-state index contributed by atoms with van der Waals surface area (Å²) < 4.78 is 15.9. The minimum Gasteiger partial charge on any atom is -0.493 e. The standard InChI is InChI=1S/C27H30N2O5/c1-6-22(21-11-9-17(2)14-18(21)3)28-27(31)23(16-20-8-7-13-34-20)29-26(30)19-10-12-24(32-4)25(15-19)33-5/h7-16,22H,6H2,1-5H3,(H,28,31)(H,29,30)/b23-16-/t22-/m0/s1. The first-order valence-corrected chi connectivity index (χ1v) is 11.0. The van der Waals surface area contributed by atoms with Crippen molar-refractivity contribution in [3.63, 3.8) is 0 Å². The maximum absolute atomic E-state index is 13.3. The third-order valence-corrected chi connectivity index (χ3v) is 5.48. The summed E-state index contributed by atoms with van der Waals surface area (Å²) in [7, 11) is 3.01. The highest BCUT2D eigenvalue weighted by molar-refractivity contribution is 6.05. The fraction of sp³-hybridized carbons (Fsp3) is 0.259. The number of benzene rings is 2. The van der Waals surface area contributed by atoms with Gasteiger partial charge in [-0.05, 0) is 61.7 Å². The van der Waals surface area contributed by atoms with Gasteiger partial charge in [0.1, 0.15) is 11.5 Å². The molecule has 1 heterocycles. The van der Waals surface area contributed by atoms with Crippen LogP contribution < -0.4 is 20.1 Å². The number of aryl methyl sites for hydroxylation is 2. The Morgan fingerprint density at radius 3 is 2.41 bits per heavy atom. The number of methoxy groups -OCH3 is 2. The fourth-order valence-electron chi connectivity index (χ4n) is 3.70. The fourth-order valence-corrected chi connectivity index (χ4v) is 3.70. The molecule has 0 aliphatic heterocycles. The van der Waals surface area contributed by atoms with Crippen LogP contribution in [0.25, 0.3) is 6.08 Å². The Kier molecular flexibility index (Phi) is 8.14. The van der Waals surface area contributed by atoms with Gasteiger partial charge in [0, 0.05) is 11.6 Å². The van der Waals surface area contributed by atoms with Crippen LogP contribution in [0.2, 0.25) is 0 Å². The lowest BCUT2D eigenvalue weighted by Gasteiger charge is -2.21. The molecule has 0 unspecified atom stereocenters. The molecule has 1 aromatic heterocycles. The molecule has 3 rings (SSSR count). The molecule has 7 nitrogen and oxygen atoms in total. The van der Waals surface area contributed by atoms with Crippen LogP contribution >= 0.6 is 0 Å². The van der Waals surface area contributed by atoms with E-state index < -0.39 is 11.8 Å². The number of hydrogen-bond donors (Lipinski definition) is 2. The molecule has 0 saturated carbocycles. The molecule has 0 saturated heterocycles. The van der Waals surface area contributed by atoms with Crippen molar-refractivity contribution in [3.8, 4) is 11.5 Å². The largest absolute Gasteiger partial charge is 0.493 e. The van der Waals surface area contributed by atoms with E-state index in [1.807, 2.05) is 32.9 Å². The van der Waals surface area contributed by atoms with Crippen molar-refractivity contribution in [2.75, 3.05) is 14.2 Å². The van der Waals surface area contributed by atoms with Crippen LogP contribution in [-0.2, 0) is 4.79 Å². The van der Waals surface area contributed by atoms with Crippen molar-refractivity contribution in [2.45, 2.75) is 33.2 Å². The van der Waals surface area contributed by atoms with E-state index in [1.165, 1.54) is 26.6 Å². The van der Waals surface area contributed by atoms with Crippen molar-refractivity contribution in [3.05, 3.63) is 88.5 Å². The smallest absolute Gasteiger partial charge is 0.268 e. The molecule has 2 amide bonds. The highest BCUT2D eigenvalue weighted by atomic mass is 16.5. The Morgan fingerprint density at radius 2 is 1.79 bits per heavy atom. The molecule has 34 heavy (non-hydrogen) atoms. The predicted molar refractivity (Wildman–Crippen MR) is 131 cm³/mol. The average Bonchev–Trinajstić information content (AvgIpc) is 3.35. The maximum atomic E-state index is 13.3. The van der Waals surface area contributed by atoms with E-state index >= 15 is 0 Å². The molecular weight excluding hydrogens is 432 g/mol. The van der Waals surface area contributed by atoms with E-state index in [4.69, 9.17) is 13.9 Å². The van der Waals surface area contributed by atoms with Crippen LogP contribution in [0.4, 0.5) is 0 Å². The lowest BCUT2D eigenvalue weighted by Crippen LogP contribution is -2.37. The Hall–Kier alpha value is -4.00. The molecule has 7 heteroatoms. The van der Waals surface area contributed by atoms with Crippen LogP contribution in [-0.4, -0.2) is 26.0 Å². The quantitative estimate of drug-likeness (QED) is 0.439. The summed E-state index contributed by atoms with van der Waals surface area (Å²) in [5.41, 5.74) is 3.67. The first-order valence-electron chi connectivity index (χ1n) is 11.0. The second kappa shape index (κ2) is 11.2. The molecule has 0 spiro atoms. The molecule has 0 aliphatic carbocycles. The van der Waals surface area contributed by atoms with Gasteiger partial charge in [-0.25, -0.2) is 0 Å². The minimum absolute atomic E-state index is 0.0675. The first kappa shape index (κ1) is 24.6. The zero-order valence-electron chi connectivity index (χ0n) is 20.1. The summed E-state index contributed by atoms with van der Waals surface area (Å²) in [5, 5.41) is 5.76. The highest BCUT2D eigenvalue weighted by Crippen LogP contribution is 2.28. The number of carbonyl (C=O) groups is 2. The van der Waals surface area contributed by atoms with E-state index in [0.717, 1.165) is 16.7 Å². The molecule has 178 valence electrons.